The summed E-state index contributed by atoms with van der Waals surface area (Å²) in [5.74, 6) is 1.92. The van der Waals surface area contributed by atoms with E-state index in [1.165, 1.54) is 30.4 Å². The third-order valence-corrected chi connectivity index (χ3v) is 5.67. The van der Waals surface area contributed by atoms with Gasteiger partial charge in [0.15, 0.2) is 5.96 Å². The minimum atomic E-state index is 0. The molecule has 2 aromatic heterocycles. The summed E-state index contributed by atoms with van der Waals surface area (Å²) in [6.07, 6.45) is 10.4. The second kappa shape index (κ2) is 13.2. The largest absolute Gasteiger partial charge is 0.357 e. The summed E-state index contributed by atoms with van der Waals surface area (Å²) in [5.41, 5.74) is 3.54. The fraction of sp³-hybridized carbons (Fsp3) is 0.400. The topological polar surface area (TPSA) is 70.4 Å². The van der Waals surface area contributed by atoms with Crippen molar-refractivity contribution in [2.75, 3.05) is 31.1 Å². The van der Waals surface area contributed by atoms with Gasteiger partial charge in [0, 0.05) is 44.8 Å². The molecule has 1 aliphatic heterocycles. The zero-order valence-corrected chi connectivity index (χ0v) is 21.6. The molecular formula is C25H34IN7. The Bertz CT molecular complexity index is 980. The first kappa shape index (κ1) is 25.0. The summed E-state index contributed by atoms with van der Waals surface area (Å²) in [4.78, 5) is 11.7. The van der Waals surface area contributed by atoms with Gasteiger partial charge < -0.3 is 15.5 Å². The summed E-state index contributed by atoms with van der Waals surface area (Å²) >= 11 is 0. The zero-order valence-electron chi connectivity index (χ0n) is 19.3. The first-order valence-electron chi connectivity index (χ1n) is 11.6. The van der Waals surface area contributed by atoms with E-state index in [1.54, 1.807) is 6.20 Å². The van der Waals surface area contributed by atoms with Gasteiger partial charge in [-0.3, -0.25) is 0 Å². The number of rotatable bonds is 8. The van der Waals surface area contributed by atoms with Crippen LogP contribution in [0, 0.1) is 0 Å². The van der Waals surface area contributed by atoms with Crippen LogP contribution in [-0.2, 0) is 13.0 Å². The minimum absolute atomic E-state index is 0. The van der Waals surface area contributed by atoms with Crippen molar-refractivity contribution in [3.63, 3.8) is 0 Å². The van der Waals surface area contributed by atoms with Gasteiger partial charge in [-0.25, -0.2) is 14.7 Å². The van der Waals surface area contributed by atoms with Gasteiger partial charge in [0.1, 0.15) is 5.82 Å². The SMILES string of the molecule is CCNC(=NCc1ccnc(N2CCCCC2)c1)NCCc1ccc(-n2cccn2)cc1.I. The van der Waals surface area contributed by atoms with Crippen molar-refractivity contribution in [3.05, 3.63) is 72.2 Å². The van der Waals surface area contributed by atoms with Crippen LogP contribution in [0.15, 0.2) is 66.0 Å². The molecule has 33 heavy (non-hydrogen) atoms. The number of benzene rings is 1. The molecule has 0 bridgehead atoms. The molecule has 176 valence electrons. The number of aliphatic imine (C=N–C) groups is 1. The standard InChI is InChI=1S/C25H33N7.HI/c1-2-26-25(28-15-11-21-7-9-23(10-8-21)32-18-6-13-30-32)29-20-22-12-14-27-24(19-22)31-16-4-3-5-17-31;/h6-10,12-14,18-19H,2-5,11,15-17,20H2,1H3,(H2,26,28,29);1H. The Morgan fingerprint density at radius 2 is 1.82 bits per heavy atom. The van der Waals surface area contributed by atoms with E-state index < -0.39 is 0 Å². The van der Waals surface area contributed by atoms with Gasteiger partial charge >= 0.3 is 0 Å². The van der Waals surface area contributed by atoms with Crippen LogP contribution < -0.4 is 15.5 Å². The first-order chi connectivity index (χ1) is 15.8. The third kappa shape index (κ3) is 7.45. The van der Waals surface area contributed by atoms with Crippen LogP contribution in [0.25, 0.3) is 5.69 Å². The molecule has 7 nitrogen and oxygen atoms in total. The molecule has 4 rings (SSSR count). The average Bonchev–Trinajstić information content (AvgIpc) is 3.39. The van der Waals surface area contributed by atoms with Crippen molar-refractivity contribution >= 4 is 35.8 Å². The quantitative estimate of drug-likeness (QED) is 0.246. The maximum absolute atomic E-state index is 4.79. The summed E-state index contributed by atoms with van der Waals surface area (Å²) in [5, 5.41) is 11.1. The molecular weight excluding hydrogens is 525 g/mol. The molecule has 0 atom stereocenters. The van der Waals surface area contributed by atoms with Gasteiger partial charge in [-0.1, -0.05) is 12.1 Å². The van der Waals surface area contributed by atoms with Crippen LogP contribution in [-0.4, -0.2) is 46.9 Å². The molecule has 0 aliphatic carbocycles. The van der Waals surface area contributed by atoms with E-state index in [0.29, 0.717) is 6.54 Å². The van der Waals surface area contributed by atoms with E-state index in [1.807, 2.05) is 23.1 Å². The molecule has 0 spiro atoms. The Hall–Kier alpha value is -2.62. The number of piperidine rings is 1. The zero-order chi connectivity index (χ0) is 22.0. The minimum Gasteiger partial charge on any atom is -0.357 e. The maximum Gasteiger partial charge on any atom is 0.191 e. The Morgan fingerprint density at radius 3 is 2.55 bits per heavy atom. The Morgan fingerprint density at radius 1 is 1.00 bits per heavy atom. The molecule has 1 fully saturated rings. The number of guanidine groups is 1. The molecule has 8 heteroatoms. The van der Waals surface area contributed by atoms with E-state index in [-0.39, 0.29) is 24.0 Å². The molecule has 3 aromatic rings. The van der Waals surface area contributed by atoms with E-state index in [2.05, 4.69) is 68.9 Å². The number of aromatic nitrogens is 3. The molecule has 1 saturated heterocycles. The maximum atomic E-state index is 4.79. The van der Waals surface area contributed by atoms with E-state index >= 15 is 0 Å². The highest BCUT2D eigenvalue weighted by Crippen LogP contribution is 2.18. The molecule has 2 N–H and O–H groups in total. The third-order valence-electron chi connectivity index (χ3n) is 5.67. The van der Waals surface area contributed by atoms with Gasteiger partial charge in [0.05, 0.1) is 12.2 Å². The Labute approximate surface area is 213 Å². The van der Waals surface area contributed by atoms with Gasteiger partial charge in [-0.2, -0.15) is 5.10 Å². The summed E-state index contributed by atoms with van der Waals surface area (Å²) in [6, 6.07) is 14.7. The van der Waals surface area contributed by atoms with Crippen molar-refractivity contribution in [2.45, 2.75) is 39.2 Å². The first-order valence-corrected chi connectivity index (χ1v) is 11.6. The number of nitrogens with zero attached hydrogens (tertiary/aromatic N) is 5. The number of halogens is 1. The lowest BCUT2D eigenvalue weighted by atomic mass is 10.1. The van der Waals surface area contributed by atoms with Crippen molar-refractivity contribution in [3.8, 4) is 5.69 Å². The smallest absolute Gasteiger partial charge is 0.191 e. The fourth-order valence-corrected chi connectivity index (χ4v) is 3.93. The van der Waals surface area contributed by atoms with Crippen molar-refractivity contribution in [1.29, 1.82) is 0 Å². The number of hydrogen-bond acceptors (Lipinski definition) is 4. The lowest BCUT2D eigenvalue weighted by Gasteiger charge is -2.27. The van der Waals surface area contributed by atoms with E-state index in [9.17, 15) is 0 Å². The second-order valence-corrected chi connectivity index (χ2v) is 8.06. The predicted octanol–water partition coefficient (Wildman–Crippen LogP) is 4.17. The molecule has 1 aromatic carbocycles. The van der Waals surface area contributed by atoms with Crippen LogP contribution in [0.4, 0.5) is 5.82 Å². The number of nitrogens with one attached hydrogen (secondary N) is 2. The highest BCUT2D eigenvalue weighted by atomic mass is 127. The number of pyridine rings is 1. The van der Waals surface area contributed by atoms with Gasteiger partial charge in [0.2, 0.25) is 0 Å². The van der Waals surface area contributed by atoms with Gasteiger partial charge in [0.25, 0.3) is 0 Å². The van der Waals surface area contributed by atoms with E-state index in [4.69, 9.17) is 4.99 Å². The Kier molecular flexibility index (Phi) is 9.99. The number of anilines is 1. The molecule has 1 aliphatic rings. The lowest BCUT2D eigenvalue weighted by Crippen LogP contribution is -2.38. The van der Waals surface area contributed by atoms with Crippen molar-refractivity contribution in [1.82, 2.24) is 25.4 Å². The molecule has 0 saturated carbocycles. The highest BCUT2D eigenvalue weighted by molar-refractivity contribution is 14.0. The monoisotopic (exact) mass is 559 g/mol. The summed E-state index contributed by atoms with van der Waals surface area (Å²) in [7, 11) is 0. The van der Waals surface area contributed by atoms with Crippen LogP contribution in [0.5, 0.6) is 0 Å². The van der Waals surface area contributed by atoms with Crippen LogP contribution in [0.3, 0.4) is 0 Å². The molecule has 0 radical (unpaired) electrons. The normalized spacial score (nSPS) is 14.0. The molecule has 0 amide bonds. The van der Waals surface area contributed by atoms with Crippen LogP contribution in [0.1, 0.15) is 37.3 Å². The molecule has 0 unspecified atom stereocenters. The van der Waals surface area contributed by atoms with Crippen LogP contribution >= 0.6 is 24.0 Å². The van der Waals surface area contributed by atoms with Crippen molar-refractivity contribution < 1.29 is 0 Å². The fourth-order valence-electron chi connectivity index (χ4n) is 3.93. The van der Waals surface area contributed by atoms with Crippen LogP contribution in [0.2, 0.25) is 0 Å². The summed E-state index contributed by atoms with van der Waals surface area (Å²) < 4.78 is 1.87. The second-order valence-electron chi connectivity index (χ2n) is 8.06. The molecule has 3 heterocycles. The summed E-state index contributed by atoms with van der Waals surface area (Å²) in [6.45, 7) is 6.59. The number of hydrogen-bond donors (Lipinski definition) is 2. The van der Waals surface area contributed by atoms with E-state index in [0.717, 1.165) is 50.1 Å². The Balaban J connectivity index is 0.00000306. The van der Waals surface area contributed by atoms with Gasteiger partial charge in [-0.05, 0) is 74.1 Å². The predicted molar refractivity (Wildman–Crippen MR) is 146 cm³/mol. The van der Waals surface area contributed by atoms with Crippen molar-refractivity contribution in [2.24, 2.45) is 4.99 Å². The highest BCUT2D eigenvalue weighted by Gasteiger charge is 2.12. The lowest BCUT2D eigenvalue weighted by molar-refractivity contribution is 0.573. The van der Waals surface area contributed by atoms with Gasteiger partial charge in [-0.15, -0.1) is 24.0 Å². The average molecular weight is 560 g/mol.